The molecule has 1 saturated heterocycles. The predicted molar refractivity (Wildman–Crippen MR) is 79.7 cm³/mol. The SMILES string of the molecule is CC(C)(C)[C@@H](c1cc([N+](=O)[O-])ccc1F)N1CCNCC1. The van der Waals surface area contributed by atoms with Gasteiger partial charge in [0.25, 0.3) is 5.69 Å². The predicted octanol–water partition coefficient (Wildman–Crippen LogP) is 2.73. The third-order valence-corrected chi connectivity index (χ3v) is 3.82. The van der Waals surface area contributed by atoms with Gasteiger partial charge in [0.2, 0.25) is 0 Å². The van der Waals surface area contributed by atoms with Gasteiger partial charge in [-0.2, -0.15) is 0 Å². The second-order valence-corrected chi connectivity index (χ2v) is 6.52. The molecule has 1 atom stereocenters. The first kappa shape index (κ1) is 15.9. The highest BCUT2D eigenvalue weighted by Gasteiger charge is 2.35. The molecule has 21 heavy (non-hydrogen) atoms. The fourth-order valence-corrected chi connectivity index (χ4v) is 3.01. The van der Waals surface area contributed by atoms with Gasteiger partial charge >= 0.3 is 0 Å². The third-order valence-electron chi connectivity index (χ3n) is 3.82. The molecule has 116 valence electrons. The lowest BCUT2D eigenvalue weighted by Crippen LogP contribution is -2.48. The van der Waals surface area contributed by atoms with E-state index in [0.29, 0.717) is 5.56 Å². The average molecular weight is 295 g/mol. The molecule has 0 aromatic heterocycles. The number of nitro benzene ring substituents is 1. The highest BCUT2D eigenvalue weighted by molar-refractivity contribution is 5.37. The van der Waals surface area contributed by atoms with Crippen LogP contribution < -0.4 is 5.32 Å². The Labute approximate surface area is 124 Å². The number of piperazine rings is 1. The smallest absolute Gasteiger partial charge is 0.269 e. The van der Waals surface area contributed by atoms with E-state index in [-0.39, 0.29) is 23.0 Å². The maximum absolute atomic E-state index is 14.3. The summed E-state index contributed by atoms with van der Waals surface area (Å²) in [6.07, 6.45) is 0. The van der Waals surface area contributed by atoms with Gasteiger partial charge in [-0.15, -0.1) is 0 Å². The third kappa shape index (κ3) is 3.57. The molecule has 0 bridgehead atoms. The second-order valence-electron chi connectivity index (χ2n) is 6.52. The maximum atomic E-state index is 14.3. The van der Waals surface area contributed by atoms with Crippen LogP contribution in [0.2, 0.25) is 0 Å². The number of hydrogen-bond donors (Lipinski definition) is 1. The number of halogens is 1. The van der Waals surface area contributed by atoms with E-state index in [0.717, 1.165) is 26.2 Å². The number of nitrogens with zero attached hydrogens (tertiary/aromatic N) is 2. The molecule has 6 heteroatoms. The number of nitrogens with one attached hydrogen (secondary N) is 1. The summed E-state index contributed by atoms with van der Waals surface area (Å²) in [7, 11) is 0. The summed E-state index contributed by atoms with van der Waals surface area (Å²) in [6.45, 7) is 9.44. The van der Waals surface area contributed by atoms with Crippen LogP contribution in [0.4, 0.5) is 10.1 Å². The van der Waals surface area contributed by atoms with Crippen molar-refractivity contribution in [2.45, 2.75) is 26.8 Å². The number of nitro groups is 1. The van der Waals surface area contributed by atoms with Gasteiger partial charge < -0.3 is 5.32 Å². The molecular formula is C15H22FN3O2. The number of rotatable bonds is 3. The summed E-state index contributed by atoms with van der Waals surface area (Å²) in [5.41, 5.74) is 0.141. The van der Waals surface area contributed by atoms with Crippen molar-refractivity contribution in [1.82, 2.24) is 10.2 Å². The van der Waals surface area contributed by atoms with Crippen LogP contribution in [0.1, 0.15) is 32.4 Å². The van der Waals surface area contributed by atoms with Crippen LogP contribution in [0, 0.1) is 21.3 Å². The van der Waals surface area contributed by atoms with Crippen LogP contribution in [0.5, 0.6) is 0 Å². The Balaban J connectivity index is 2.45. The van der Waals surface area contributed by atoms with E-state index < -0.39 is 4.92 Å². The molecular weight excluding hydrogens is 273 g/mol. The van der Waals surface area contributed by atoms with Gasteiger partial charge in [0.05, 0.1) is 4.92 Å². The normalized spacial score (nSPS) is 18.5. The van der Waals surface area contributed by atoms with Gasteiger partial charge in [-0.1, -0.05) is 20.8 Å². The molecule has 2 rings (SSSR count). The van der Waals surface area contributed by atoms with Gasteiger partial charge in [0.1, 0.15) is 5.82 Å². The molecule has 1 aromatic rings. The first-order valence-electron chi connectivity index (χ1n) is 7.19. The van der Waals surface area contributed by atoms with E-state index in [1.54, 1.807) is 0 Å². The topological polar surface area (TPSA) is 58.4 Å². The van der Waals surface area contributed by atoms with Crippen molar-refractivity contribution in [1.29, 1.82) is 0 Å². The first-order chi connectivity index (χ1) is 9.80. The highest BCUT2D eigenvalue weighted by Crippen LogP contribution is 2.40. The van der Waals surface area contributed by atoms with E-state index in [9.17, 15) is 14.5 Å². The monoisotopic (exact) mass is 295 g/mol. The van der Waals surface area contributed by atoms with Crippen molar-refractivity contribution in [3.05, 3.63) is 39.7 Å². The second kappa shape index (κ2) is 6.07. The molecule has 1 aromatic carbocycles. The lowest BCUT2D eigenvalue weighted by atomic mass is 9.80. The molecule has 5 nitrogen and oxygen atoms in total. The van der Waals surface area contributed by atoms with E-state index in [1.165, 1.54) is 18.2 Å². The van der Waals surface area contributed by atoms with Gasteiger partial charge in [0, 0.05) is 49.9 Å². The summed E-state index contributed by atoms with van der Waals surface area (Å²) in [4.78, 5) is 12.7. The quantitative estimate of drug-likeness (QED) is 0.688. The summed E-state index contributed by atoms with van der Waals surface area (Å²) < 4.78 is 14.3. The van der Waals surface area contributed by atoms with E-state index in [1.807, 2.05) is 20.8 Å². The minimum Gasteiger partial charge on any atom is -0.314 e. The molecule has 1 heterocycles. The maximum Gasteiger partial charge on any atom is 0.269 e. The summed E-state index contributed by atoms with van der Waals surface area (Å²) in [5.74, 6) is -0.376. The molecule has 0 aliphatic carbocycles. The minimum atomic E-state index is -0.472. The summed E-state index contributed by atoms with van der Waals surface area (Å²) in [5, 5.41) is 14.2. The Bertz CT molecular complexity index is 522. The van der Waals surface area contributed by atoms with Crippen LogP contribution in [0.3, 0.4) is 0 Å². The molecule has 1 aliphatic rings. The molecule has 1 N–H and O–H groups in total. The van der Waals surface area contributed by atoms with Crippen molar-refractivity contribution >= 4 is 5.69 Å². The van der Waals surface area contributed by atoms with Crippen LogP contribution >= 0.6 is 0 Å². The van der Waals surface area contributed by atoms with Crippen molar-refractivity contribution in [2.75, 3.05) is 26.2 Å². The summed E-state index contributed by atoms with van der Waals surface area (Å²) >= 11 is 0. The largest absolute Gasteiger partial charge is 0.314 e. The zero-order chi connectivity index (χ0) is 15.6. The molecule has 0 saturated carbocycles. The zero-order valence-electron chi connectivity index (χ0n) is 12.7. The van der Waals surface area contributed by atoms with Crippen LogP contribution in [0.25, 0.3) is 0 Å². The Morgan fingerprint density at radius 3 is 2.48 bits per heavy atom. The highest BCUT2D eigenvalue weighted by atomic mass is 19.1. The number of hydrogen-bond acceptors (Lipinski definition) is 4. The Morgan fingerprint density at radius 1 is 1.33 bits per heavy atom. The van der Waals surface area contributed by atoms with Crippen molar-refractivity contribution in [3.8, 4) is 0 Å². The van der Waals surface area contributed by atoms with Crippen LogP contribution in [0.15, 0.2) is 18.2 Å². The molecule has 0 spiro atoms. The van der Waals surface area contributed by atoms with Gasteiger partial charge in [0.15, 0.2) is 0 Å². The van der Waals surface area contributed by atoms with Gasteiger partial charge in [-0.05, 0) is 11.5 Å². The van der Waals surface area contributed by atoms with E-state index in [4.69, 9.17) is 0 Å². The van der Waals surface area contributed by atoms with Crippen molar-refractivity contribution in [3.63, 3.8) is 0 Å². The fraction of sp³-hybridized carbons (Fsp3) is 0.600. The first-order valence-corrected chi connectivity index (χ1v) is 7.19. The van der Waals surface area contributed by atoms with Crippen molar-refractivity contribution < 1.29 is 9.31 Å². The summed E-state index contributed by atoms with van der Waals surface area (Å²) in [6, 6.07) is 3.62. The van der Waals surface area contributed by atoms with E-state index in [2.05, 4.69) is 10.2 Å². The Morgan fingerprint density at radius 2 is 1.95 bits per heavy atom. The average Bonchev–Trinajstić information content (AvgIpc) is 2.40. The van der Waals surface area contributed by atoms with Crippen molar-refractivity contribution in [2.24, 2.45) is 5.41 Å². The Hall–Kier alpha value is -1.53. The lowest BCUT2D eigenvalue weighted by Gasteiger charge is -2.42. The molecule has 1 fully saturated rings. The number of non-ortho nitro benzene ring substituents is 1. The number of benzene rings is 1. The zero-order valence-corrected chi connectivity index (χ0v) is 12.7. The van der Waals surface area contributed by atoms with Gasteiger partial charge in [-0.25, -0.2) is 4.39 Å². The molecule has 1 aliphatic heterocycles. The Kier molecular flexibility index (Phi) is 4.58. The van der Waals surface area contributed by atoms with Crippen LogP contribution in [-0.4, -0.2) is 36.0 Å². The molecule has 0 amide bonds. The lowest BCUT2D eigenvalue weighted by molar-refractivity contribution is -0.385. The van der Waals surface area contributed by atoms with E-state index >= 15 is 0 Å². The fourth-order valence-electron chi connectivity index (χ4n) is 3.01. The standard InChI is InChI=1S/C15H22FN3O2/c1-15(2,3)14(18-8-6-17-7-9-18)12-10-11(19(20)21)4-5-13(12)16/h4-5,10,14,17H,6-9H2,1-3H3/t14-/m1/s1. The van der Waals surface area contributed by atoms with Gasteiger partial charge in [-0.3, -0.25) is 15.0 Å². The minimum absolute atomic E-state index is 0.0595. The molecule has 0 unspecified atom stereocenters. The van der Waals surface area contributed by atoms with Crippen LogP contribution in [-0.2, 0) is 0 Å². The molecule has 0 radical (unpaired) electrons.